The number of benzene rings is 1. The van der Waals surface area contributed by atoms with Gasteiger partial charge in [0.2, 0.25) is 5.75 Å². The quantitative estimate of drug-likeness (QED) is 0.555. The van der Waals surface area contributed by atoms with E-state index in [0.29, 0.717) is 10.9 Å². The predicted octanol–water partition coefficient (Wildman–Crippen LogP) is 2.40. The molecule has 0 atom stereocenters. The Hall–Kier alpha value is -2.04. The van der Waals surface area contributed by atoms with Crippen LogP contribution in [0.4, 0.5) is 5.82 Å². The Morgan fingerprint density at radius 1 is 1.40 bits per heavy atom. The number of aromatic hydroxyl groups is 1. The Morgan fingerprint density at radius 3 is 2.67 bits per heavy atom. The molecule has 5 nitrogen and oxygen atoms in total. The van der Waals surface area contributed by atoms with E-state index < -0.39 is 4.92 Å². The second kappa shape index (κ2) is 2.98. The maximum absolute atomic E-state index is 10.6. The third-order valence-electron chi connectivity index (χ3n) is 2.38. The molecule has 0 aliphatic rings. The monoisotopic (exact) mass is 206 g/mol. The van der Waals surface area contributed by atoms with Crippen LogP contribution in [0.3, 0.4) is 0 Å². The highest BCUT2D eigenvalue weighted by Gasteiger charge is 2.21. The number of H-pyrrole nitrogens is 1. The van der Waals surface area contributed by atoms with Gasteiger partial charge in [-0.15, -0.1) is 0 Å². The molecule has 0 fully saturated rings. The third kappa shape index (κ3) is 1.32. The summed E-state index contributed by atoms with van der Waals surface area (Å²) in [5.41, 5.74) is 2.42. The lowest BCUT2D eigenvalue weighted by molar-refractivity contribution is -0.389. The normalized spacial score (nSPS) is 10.8. The van der Waals surface area contributed by atoms with Crippen LogP contribution in [0.15, 0.2) is 12.1 Å². The maximum atomic E-state index is 10.6. The Balaban J connectivity index is 2.88. The van der Waals surface area contributed by atoms with E-state index in [4.69, 9.17) is 0 Å². The molecular weight excluding hydrogens is 196 g/mol. The van der Waals surface area contributed by atoms with Crippen molar-refractivity contribution in [3.63, 3.8) is 0 Å². The van der Waals surface area contributed by atoms with Gasteiger partial charge in [0.15, 0.2) is 0 Å². The first-order valence-corrected chi connectivity index (χ1v) is 4.47. The molecule has 0 amide bonds. The topological polar surface area (TPSA) is 79.2 Å². The number of hydrogen-bond donors (Lipinski definition) is 2. The van der Waals surface area contributed by atoms with Gasteiger partial charge in [-0.25, -0.2) is 4.98 Å². The summed E-state index contributed by atoms with van der Waals surface area (Å²) in [4.78, 5) is 12.6. The fourth-order valence-corrected chi connectivity index (χ4v) is 1.82. The summed E-state index contributed by atoms with van der Waals surface area (Å²) >= 11 is 0. The van der Waals surface area contributed by atoms with Gasteiger partial charge in [-0.2, -0.15) is 0 Å². The van der Waals surface area contributed by atoms with Crippen molar-refractivity contribution in [1.29, 1.82) is 0 Å². The third-order valence-corrected chi connectivity index (χ3v) is 2.38. The van der Waals surface area contributed by atoms with Crippen LogP contribution in [-0.4, -0.2) is 15.0 Å². The minimum atomic E-state index is -0.621. The average molecular weight is 206 g/mol. The summed E-state index contributed by atoms with van der Waals surface area (Å²) < 4.78 is 0. The van der Waals surface area contributed by atoms with Gasteiger partial charge in [-0.3, -0.25) is 0 Å². The van der Waals surface area contributed by atoms with E-state index in [1.54, 1.807) is 6.07 Å². The van der Waals surface area contributed by atoms with E-state index in [-0.39, 0.29) is 11.6 Å². The van der Waals surface area contributed by atoms with Gasteiger partial charge in [0.25, 0.3) is 0 Å². The molecule has 0 saturated heterocycles. The molecule has 1 aromatic carbocycles. The lowest BCUT2D eigenvalue weighted by Crippen LogP contribution is -1.86. The first kappa shape index (κ1) is 9.51. The molecule has 0 unspecified atom stereocenters. The number of nitro groups is 1. The van der Waals surface area contributed by atoms with Crippen LogP contribution in [0.5, 0.6) is 5.75 Å². The van der Waals surface area contributed by atoms with Crippen molar-refractivity contribution in [3.05, 3.63) is 33.4 Å². The maximum Gasteiger partial charge on any atom is 0.364 e. The van der Waals surface area contributed by atoms with E-state index in [2.05, 4.69) is 4.98 Å². The first-order chi connectivity index (χ1) is 7.00. The highest BCUT2D eigenvalue weighted by Crippen LogP contribution is 2.36. The van der Waals surface area contributed by atoms with E-state index >= 15 is 0 Å². The zero-order valence-electron chi connectivity index (χ0n) is 8.37. The predicted molar refractivity (Wildman–Crippen MR) is 56.1 cm³/mol. The summed E-state index contributed by atoms with van der Waals surface area (Å²) in [5, 5.41) is 20.8. The molecule has 78 valence electrons. The number of rotatable bonds is 1. The van der Waals surface area contributed by atoms with Crippen LogP contribution in [0, 0.1) is 24.0 Å². The van der Waals surface area contributed by atoms with Gasteiger partial charge in [0.1, 0.15) is 5.52 Å². The smallest absolute Gasteiger partial charge is 0.364 e. The number of nitrogens with one attached hydrogen (secondary N) is 1. The Labute approximate surface area is 85.5 Å². The van der Waals surface area contributed by atoms with Gasteiger partial charge in [-0.05, 0) is 36.0 Å². The van der Waals surface area contributed by atoms with Crippen LogP contribution in [0.25, 0.3) is 10.9 Å². The fourth-order valence-electron chi connectivity index (χ4n) is 1.82. The lowest BCUT2D eigenvalue weighted by Gasteiger charge is -1.96. The SMILES string of the molecule is Cc1cc(C)c2c(O)c([N+](=O)[O-])[nH]c2c1. The molecule has 2 N–H and O–H groups in total. The largest absolute Gasteiger partial charge is 0.501 e. The molecule has 5 heteroatoms. The van der Waals surface area contributed by atoms with Crippen molar-refractivity contribution in [3.8, 4) is 5.75 Å². The number of nitrogens with zero attached hydrogens (tertiary/aromatic N) is 1. The zero-order chi connectivity index (χ0) is 11.2. The molecule has 2 rings (SSSR count). The summed E-state index contributed by atoms with van der Waals surface area (Å²) in [6, 6.07) is 3.65. The highest BCUT2D eigenvalue weighted by molar-refractivity contribution is 5.93. The molecule has 0 saturated carbocycles. The van der Waals surface area contributed by atoms with Gasteiger partial charge >= 0.3 is 5.82 Å². The number of aromatic nitrogens is 1. The minimum Gasteiger partial charge on any atom is -0.501 e. The Bertz CT molecular complexity index is 557. The van der Waals surface area contributed by atoms with E-state index in [1.807, 2.05) is 19.9 Å². The Morgan fingerprint density at radius 2 is 2.07 bits per heavy atom. The Kier molecular flexibility index (Phi) is 1.89. The van der Waals surface area contributed by atoms with Crippen LogP contribution < -0.4 is 0 Å². The van der Waals surface area contributed by atoms with Crippen molar-refractivity contribution >= 4 is 16.7 Å². The molecule has 15 heavy (non-hydrogen) atoms. The molecule has 0 aliphatic carbocycles. The molecule has 0 bridgehead atoms. The fraction of sp³-hybridized carbons (Fsp3) is 0.200. The van der Waals surface area contributed by atoms with Crippen molar-refractivity contribution in [1.82, 2.24) is 4.98 Å². The van der Waals surface area contributed by atoms with E-state index in [0.717, 1.165) is 11.1 Å². The lowest BCUT2D eigenvalue weighted by atomic mass is 10.1. The van der Waals surface area contributed by atoms with Crippen molar-refractivity contribution in [2.24, 2.45) is 0 Å². The van der Waals surface area contributed by atoms with Gasteiger partial charge in [0.05, 0.1) is 5.39 Å². The molecule has 1 heterocycles. The van der Waals surface area contributed by atoms with Crippen LogP contribution in [0.2, 0.25) is 0 Å². The molecule has 0 spiro atoms. The number of fused-ring (bicyclic) bond motifs is 1. The summed E-state index contributed by atoms with van der Waals surface area (Å²) in [7, 11) is 0. The molecular formula is C10H10N2O3. The summed E-state index contributed by atoms with van der Waals surface area (Å²) in [5.74, 6) is -0.633. The highest BCUT2D eigenvalue weighted by atomic mass is 16.6. The minimum absolute atomic E-state index is 0.285. The summed E-state index contributed by atoms with van der Waals surface area (Å²) in [6.07, 6.45) is 0. The van der Waals surface area contributed by atoms with Crippen molar-refractivity contribution in [2.45, 2.75) is 13.8 Å². The van der Waals surface area contributed by atoms with Crippen LogP contribution in [0.1, 0.15) is 11.1 Å². The molecule has 2 aromatic rings. The van der Waals surface area contributed by atoms with Crippen LogP contribution >= 0.6 is 0 Å². The van der Waals surface area contributed by atoms with Gasteiger partial charge in [-0.1, -0.05) is 6.07 Å². The first-order valence-electron chi connectivity index (χ1n) is 4.47. The van der Waals surface area contributed by atoms with E-state index in [1.165, 1.54) is 0 Å². The van der Waals surface area contributed by atoms with Gasteiger partial charge < -0.3 is 15.2 Å². The average Bonchev–Trinajstić information content (AvgIpc) is 2.42. The summed E-state index contributed by atoms with van der Waals surface area (Å²) in [6.45, 7) is 3.71. The number of aromatic amines is 1. The van der Waals surface area contributed by atoms with Gasteiger partial charge in [0, 0.05) is 0 Å². The molecule has 1 aromatic heterocycles. The molecule has 0 aliphatic heterocycles. The number of hydrogen-bond acceptors (Lipinski definition) is 3. The van der Waals surface area contributed by atoms with E-state index in [9.17, 15) is 15.2 Å². The standard InChI is InChI=1S/C10H10N2O3/c1-5-3-6(2)8-7(4-5)11-10(9(8)13)12(14)15/h3-4,11,13H,1-2H3. The second-order valence-electron chi connectivity index (χ2n) is 3.58. The number of aryl methyl sites for hydroxylation is 2. The van der Waals surface area contributed by atoms with Crippen molar-refractivity contribution < 1.29 is 10.0 Å². The second-order valence-corrected chi connectivity index (χ2v) is 3.58. The van der Waals surface area contributed by atoms with Crippen molar-refractivity contribution in [2.75, 3.05) is 0 Å². The van der Waals surface area contributed by atoms with Crippen LogP contribution in [-0.2, 0) is 0 Å². The zero-order valence-corrected chi connectivity index (χ0v) is 8.37. The molecule has 0 radical (unpaired) electrons.